The van der Waals surface area contributed by atoms with Crippen LogP contribution in [-0.2, 0) is 9.59 Å². The third-order valence-corrected chi connectivity index (χ3v) is 5.14. The maximum absolute atomic E-state index is 13.0. The number of fused-ring (bicyclic) bond motifs is 1. The van der Waals surface area contributed by atoms with Crippen molar-refractivity contribution in [2.24, 2.45) is 0 Å². The van der Waals surface area contributed by atoms with Crippen molar-refractivity contribution in [3.05, 3.63) is 70.8 Å². The second-order valence-corrected chi connectivity index (χ2v) is 6.88. The van der Waals surface area contributed by atoms with Crippen LogP contribution in [0.3, 0.4) is 0 Å². The summed E-state index contributed by atoms with van der Waals surface area (Å²) in [6.07, 6.45) is 2.15. The summed E-state index contributed by atoms with van der Waals surface area (Å²) in [6.45, 7) is 0.473. The molecule has 2 atom stereocenters. The Morgan fingerprint density at radius 2 is 1.93 bits per heavy atom. The number of hydrogen-bond donors (Lipinski definition) is 1. The van der Waals surface area contributed by atoms with Crippen molar-refractivity contribution in [1.29, 1.82) is 0 Å². The fourth-order valence-corrected chi connectivity index (χ4v) is 3.83. The van der Waals surface area contributed by atoms with Crippen LogP contribution in [0.15, 0.2) is 60.2 Å². The van der Waals surface area contributed by atoms with Crippen LogP contribution in [-0.4, -0.2) is 24.5 Å². The molecule has 2 aromatic rings. The van der Waals surface area contributed by atoms with Gasteiger partial charge in [0.25, 0.3) is 5.91 Å². The number of benzene rings is 2. The summed E-state index contributed by atoms with van der Waals surface area (Å²) in [5.41, 5.74) is 2.95. The summed E-state index contributed by atoms with van der Waals surface area (Å²) in [5.74, 6) is -1.60. The smallest absolute Gasteiger partial charge is 0.548 e. The number of carbonyl (C=O) groups excluding carboxylic acids is 2. The molecule has 0 fully saturated rings. The number of para-hydroxylation sites is 1. The minimum atomic E-state index is -1.19. The molecule has 0 spiro atoms. The fraction of sp³-hybridized carbons (Fsp3) is 0.200. The van der Waals surface area contributed by atoms with Crippen LogP contribution in [0.4, 0.5) is 11.4 Å². The molecule has 7 heteroatoms. The number of nitrogens with one attached hydrogen (secondary N) is 1. The Labute approximate surface area is 184 Å². The molecule has 0 radical (unpaired) electrons. The molecule has 0 aliphatic carbocycles. The summed E-state index contributed by atoms with van der Waals surface area (Å²) < 4.78 is 0. The summed E-state index contributed by atoms with van der Waals surface area (Å²) in [6, 6.07) is 13.9. The minimum absolute atomic E-state index is 0. The molecule has 5 nitrogen and oxygen atoms in total. The van der Waals surface area contributed by atoms with E-state index < -0.39 is 12.0 Å². The van der Waals surface area contributed by atoms with E-state index in [0.29, 0.717) is 22.8 Å². The SMILES string of the molecule is O=C([O-])C1CC(C2=CCN(c3ccccc3)C2=O)c2ccc(Cl)cc2N1.[Na+]. The van der Waals surface area contributed by atoms with Crippen molar-refractivity contribution < 1.29 is 44.3 Å². The summed E-state index contributed by atoms with van der Waals surface area (Å²) in [7, 11) is 0. The number of nitrogens with zero attached hydrogens (tertiary/aromatic N) is 1. The van der Waals surface area contributed by atoms with Gasteiger partial charge in [-0.15, -0.1) is 0 Å². The van der Waals surface area contributed by atoms with Gasteiger partial charge in [0, 0.05) is 34.4 Å². The second kappa shape index (κ2) is 8.07. The summed E-state index contributed by atoms with van der Waals surface area (Å²) in [5, 5.41) is 14.9. The van der Waals surface area contributed by atoms with Crippen LogP contribution >= 0.6 is 11.6 Å². The van der Waals surface area contributed by atoms with Crippen LogP contribution in [0.1, 0.15) is 17.9 Å². The molecule has 2 aromatic carbocycles. The van der Waals surface area contributed by atoms with E-state index >= 15 is 0 Å². The zero-order chi connectivity index (χ0) is 18.3. The molecule has 2 heterocycles. The van der Waals surface area contributed by atoms with Gasteiger partial charge in [-0.25, -0.2) is 0 Å². The number of carboxylic acid groups (broad SMARTS) is 1. The Morgan fingerprint density at radius 1 is 1.19 bits per heavy atom. The van der Waals surface area contributed by atoms with Gasteiger partial charge in [-0.05, 0) is 36.2 Å². The second-order valence-electron chi connectivity index (χ2n) is 6.45. The van der Waals surface area contributed by atoms with Crippen molar-refractivity contribution in [2.75, 3.05) is 16.8 Å². The van der Waals surface area contributed by atoms with Gasteiger partial charge in [-0.3, -0.25) is 4.79 Å². The number of hydrogen-bond acceptors (Lipinski definition) is 4. The quantitative estimate of drug-likeness (QED) is 0.706. The molecule has 2 aliphatic heterocycles. The predicted octanol–water partition coefficient (Wildman–Crippen LogP) is -0.665. The van der Waals surface area contributed by atoms with E-state index in [2.05, 4.69) is 5.32 Å². The zero-order valence-corrected chi connectivity index (χ0v) is 17.6. The van der Waals surface area contributed by atoms with Crippen molar-refractivity contribution in [3.63, 3.8) is 0 Å². The molecule has 2 unspecified atom stereocenters. The van der Waals surface area contributed by atoms with Crippen LogP contribution in [0.5, 0.6) is 0 Å². The molecule has 132 valence electrons. The molecule has 2 aliphatic rings. The molecular weight excluding hydrogens is 375 g/mol. The van der Waals surface area contributed by atoms with Gasteiger partial charge in [-0.1, -0.05) is 41.9 Å². The molecule has 4 rings (SSSR count). The van der Waals surface area contributed by atoms with Gasteiger partial charge in [0.05, 0.1) is 12.0 Å². The number of anilines is 2. The van der Waals surface area contributed by atoms with Gasteiger partial charge < -0.3 is 20.1 Å². The first kappa shape index (κ1) is 20.0. The Bertz CT molecular complexity index is 917. The molecule has 0 saturated heterocycles. The van der Waals surface area contributed by atoms with Gasteiger partial charge in [-0.2, -0.15) is 0 Å². The minimum Gasteiger partial charge on any atom is -0.548 e. The van der Waals surface area contributed by atoms with E-state index in [1.807, 2.05) is 42.5 Å². The first-order valence-electron chi connectivity index (χ1n) is 8.38. The molecular formula is C20H16ClN2NaO3. The molecule has 0 saturated carbocycles. The van der Waals surface area contributed by atoms with Crippen LogP contribution in [0.2, 0.25) is 5.02 Å². The van der Waals surface area contributed by atoms with Gasteiger partial charge in [0.15, 0.2) is 0 Å². The number of aliphatic carboxylic acids is 1. The molecule has 27 heavy (non-hydrogen) atoms. The number of carbonyl (C=O) groups is 2. The standard InChI is InChI=1S/C20H17ClN2O3.Na/c21-12-6-7-14-16(11-18(20(25)26)22-17(14)10-12)15-8-9-23(19(15)24)13-4-2-1-3-5-13;/h1-8,10,16,18,22H,9,11H2,(H,25,26);/q;+1/p-1. The third-order valence-electron chi connectivity index (χ3n) is 4.91. The third kappa shape index (κ3) is 3.78. The van der Waals surface area contributed by atoms with Crippen molar-refractivity contribution in [2.45, 2.75) is 18.4 Å². The Balaban J connectivity index is 0.00000210. The van der Waals surface area contributed by atoms with E-state index in [0.717, 1.165) is 11.3 Å². The van der Waals surface area contributed by atoms with Gasteiger partial charge in [0.2, 0.25) is 0 Å². The van der Waals surface area contributed by atoms with E-state index in [4.69, 9.17) is 11.6 Å². The summed E-state index contributed by atoms with van der Waals surface area (Å²) in [4.78, 5) is 26.2. The molecule has 0 aromatic heterocycles. The van der Waals surface area contributed by atoms with E-state index in [1.165, 1.54) is 0 Å². The monoisotopic (exact) mass is 390 g/mol. The molecule has 1 amide bonds. The van der Waals surface area contributed by atoms with Crippen LogP contribution < -0.4 is 44.9 Å². The van der Waals surface area contributed by atoms with E-state index in [9.17, 15) is 14.7 Å². The topological polar surface area (TPSA) is 72.5 Å². The normalized spacial score (nSPS) is 21.0. The van der Waals surface area contributed by atoms with Crippen molar-refractivity contribution in [1.82, 2.24) is 0 Å². The van der Waals surface area contributed by atoms with Crippen LogP contribution in [0, 0.1) is 0 Å². The average Bonchev–Trinajstić information content (AvgIpc) is 3.02. The fourth-order valence-electron chi connectivity index (χ4n) is 3.65. The summed E-state index contributed by atoms with van der Waals surface area (Å²) >= 11 is 6.05. The van der Waals surface area contributed by atoms with Gasteiger partial charge >= 0.3 is 29.6 Å². The van der Waals surface area contributed by atoms with Gasteiger partial charge in [0.1, 0.15) is 0 Å². The van der Waals surface area contributed by atoms with E-state index in [1.54, 1.807) is 17.0 Å². The Kier molecular flexibility index (Phi) is 5.96. The first-order chi connectivity index (χ1) is 12.5. The molecule has 0 bridgehead atoms. The average molecular weight is 391 g/mol. The maximum atomic E-state index is 13.0. The van der Waals surface area contributed by atoms with E-state index in [-0.39, 0.29) is 47.8 Å². The Morgan fingerprint density at radius 3 is 2.63 bits per heavy atom. The first-order valence-corrected chi connectivity index (χ1v) is 8.76. The van der Waals surface area contributed by atoms with Crippen molar-refractivity contribution in [3.8, 4) is 0 Å². The number of rotatable bonds is 3. The van der Waals surface area contributed by atoms with Crippen LogP contribution in [0.25, 0.3) is 0 Å². The predicted molar refractivity (Wildman–Crippen MR) is 98.1 cm³/mol. The largest absolute Gasteiger partial charge is 1.00 e. The number of amides is 1. The molecule has 1 N–H and O–H groups in total. The number of carboxylic acids is 1. The Hall–Kier alpha value is -1.79. The zero-order valence-electron chi connectivity index (χ0n) is 14.8. The number of halogens is 1. The maximum Gasteiger partial charge on any atom is 1.00 e. The van der Waals surface area contributed by atoms with Crippen molar-refractivity contribution >= 4 is 34.9 Å².